The van der Waals surface area contributed by atoms with Gasteiger partial charge < -0.3 is 5.11 Å². The van der Waals surface area contributed by atoms with Gasteiger partial charge in [-0.1, -0.05) is 12.1 Å². The predicted octanol–water partition coefficient (Wildman–Crippen LogP) is 2.19. The maximum absolute atomic E-state index is 13.3. The molecule has 30 heavy (non-hydrogen) atoms. The topological polar surface area (TPSA) is 82.3 Å². The average molecular weight is 424 g/mol. The van der Waals surface area contributed by atoms with E-state index < -0.39 is 23.7 Å². The second-order valence-corrected chi connectivity index (χ2v) is 6.31. The van der Waals surface area contributed by atoms with Gasteiger partial charge in [-0.05, 0) is 42.0 Å². The van der Waals surface area contributed by atoms with Crippen LogP contribution in [0.25, 0.3) is 0 Å². The summed E-state index contributed by atoms with van der Waals surface area (Å²) in [6.45, 7) is 0.477. The van der Waals surface area contributed by atoms with Crippen molar-refractivity contribution in [2.75, 3.05) is 5.43 Å². The number of nitrogens with one attached hydrogen (secondary N) is 2. The minimum Gasteiger partial charge on any atom is -0.477 e. The highest BCUT2D eigenvalue weighted by molar-refractivity contribution is 5.92. The summed E-state index contributed by atoms with van der Waals surface area (Å²) >= 11 is 0. The molecular weight excluding hydrogens is 406 g/mol. The standard InChI is InChI=1S/C20H17F4N3O3/c1-2-11-27-12-9-15(10-13-27)4-3-14-5-7-16(8-6-14)25-26-17(28)19(21,22)20(23,24)18(29)30/h1,5-10,12-13,25H,3-4,11H2,(H-,26,28,29,30)/p+1. The highest BCUT2D eigenvalue weighted by Gasteiger charge is 2.67. The van der Waals surface area contributed by atoms with Gasteiger partial charge in [-0.15, -0.1) is 6.42 Å². The maximum atomic E-state index is 13.3. The molecule has 1 aromatic heterocycles. The number of amides is 1. The first kappa shape index (κ1) is 22.7. The van der Waals surface area contributed by atoms with Gasteiger partial charge in [0.15, 0.2) is 12.4 Å². The van der Waals surface area contributed by atoms with Gasteiger partial charge in [0, 0.05) is 12.1 Å². The first-order valence-corrected chi connectivity index (χ1v) is 8.64. The number of nitrogens with zero attached hydrogens (tertiary/aromatic N) is 1. The molecule has 158 valence electrons. The molecule has 0 unspecified atom stereocenters. The zero-order chi connectivity index (χ0) is 22.4. The first-order valence-electron chi connectivity index (χ1n) is 8.64. The van der Waals surface area contributed by atoms with E-state index >= 15 is 0 Å². The van der Waals surface area contributed by atoms with Crippen molar-refractivity contribution in [2.24, 2.45) is 0 Å². The molecule has 0 spiro atoms. The number of carboxylic acid groups (broad SMARTS) is 1. The van der Waals surface area contributed by atoms with Crippen molar-refractivity contribution in [2.45, 2.75) is 31.2 Å². The lowest BCUT2D eigenvalue weighted by atomic mass is 10.1. The first-order chi connectivity index (χ1) is 14.1. The van der Waals surface area contributed by atoms with Crippen LogP contribution in [0.2, 0.25) is 0 Å². The van der Waals surface area contributed by atoms with E-state index in [-0.39, 0.29) is 5.69 Å². The van der Waals surface area contributed by atoms with Crippen molar-refractivity contribution in [3.05, 3.63) is 59.9 Å². The highest BCUT2D eigenvalue weighted by Crippen LogP contribution is 2.34. The van der Waals surface area contributed by atoms with Crippen LogP contribution in [0.1, 0.15) is 11.1 Å². The Morgan fingerprint density at radius 1 is 0.967 bits per heavy atom. The Balaban J connectivity index is 1.89. The van der Waals surface area contributed by atoms with Crippen LogP contribution in [-0.2, 0) is 29.0 Å². The fourth-order valence-corrected chi connectivity index (χ4v) is 2.39. The predicted molar refractivity (Wildman–Crippen MR) is 98.6 cm³/mol. The summed E-state index contributed by atoms with van der Waals surface area (Å²) in [6.07, 6.45) is 10.4. The number of carbonyl (C=O) groups is 2. The van der Waals surface area contributed by atoms with E-state index in [1.165, 1.54) is 17.6 Å². The van der Waals surface area contributed by atoms with Gasteiger partial charge in [-0.2, -0.15) is 22.1 Å². The number of hydrazine groups is 1. The molecule has 0 saturated heterocycles. The Hall–Kier alpha value is -3.61. The monoisotopic (exact) mass is 424 g/mol. The normalized spacial score (nSPS) is 11.4. The third kappa shape index (κ3) is 5.26. The molecule has 2 aromatic rings. The van der Waals surface area contributed by atoms with Gasteiger partial charge >= 0.3 is 23.7 Å². The summed E-state index contributed by atoms with van der Waals surface area (Å²) in [7, 11) is 0. The van der Waals surface area contributed by atoms with E-state index in [0.29, 0.717) is 13.0 Å². The Morgan fingerprint density at radius 2 is 1.50 bits per heavy atom. The fraction of sp³-hybridized carbons (Fsp3) is 0.250. The SMILES string of the molecule is C#CC[n+]1ccc(CCc2ccc(NNC(=O)C(F)(F)C(F)(F)C(=O)O)cc2)cc1. The van der Waals surface area contributed by atoms with Crippen LogP contribution in [0.15, 0.2) is 48.8 Å². The number of terminal acetylenes is 1. The molecule has 2 rings (SSSR count). The summed E-state index contributed by atoms with van der Waals surface area (Å²) in [5.74, 6) is -14.0. The second-order valence-electron chi connectivity index (χ2n) is 6.31. The lowest BCUT2D eigenvalue weighted by molar-refractivity contribution is -0.684. The highest BCUT2D eigenvalue weighted by atomic mass is 19.3. The van der Waals surface area contributed by atoms with E-state index in [4.69, 9.17) is 11.5 Å². The van der Waals surface area contributed by atoms with Crippen LogP contribution in [0, 0.1) is 12.3 Å². The van der Waals surface area contributed by atoms with Crippen molar-refractivity contribution >= 4 is 17.6 Å². The molecule has 0 atom stereocenters. The average Bonchev–Trinajstić information content (AvgIpc) is 2.72. The number of pyridine rings is 1. The van der Waals surface area contributed by atoms with Gasteiger partial charge in [0.05, 0.1) is 5.69 Å². The van der Waals surface area contributed by atoms with Crippen LogP contribution in [-0.4, -0.2) is 28.8 Å². The van der Waals surface area contributed by atoms with Gasteiger partial charge in [0.2, 0.25) is 6.54 Å². The van der Waals surface area contributed by atoms with Crippen molar-refractivity contribution in [3.8, 4) is 12.3 Å². The zero-order valence-electron chi connectivity index (χ0n) is 15.5. The summed E-state index contributed by atoms with van der Waals surface area (Å²) in [4.78, 5) is 21.6. The van der Waals surface area contributed by atoms with Crippen molar-refractivity contribution in [1.82, 2.24) is 5.43 Å². The third-order valence-corrected chi connectivity index (χ3v) is 4.16. The Bertz CT molecular complexity index is 939. The molecule has 0 bridgehead atoms. The molecule has 3 N–H and O–H groups in total. The number of carboxylic acids is 1. The summed E-state index contributed by atoms with van der Waals surface area (Å²) in [5.41, 5.74) is 5.59. The molecule has 0 fully saturated rings. The van der Waals surface area contributed by atoms with Crippen LogP contribution >= 0.6 is 0 Å². The van der Waals surface area contributed by atoms with Crippen LogP contribution in [0.5, 0.6) is 0 Å². The van der Waals surface area contributed by atoms with Crippen LogP contribution in [0.4, 0.5) is 23.2 Å². The molecule has 1 heterocycles. The molecule has 0 aliphatic rings. The molecule has 10 heteroatoms. The quantitative estimate of drug-likeness (QED) is 0.250. The van der Waals surface area contributed by atoms with Gasteiger partial charge in [-0.25, -0.2) is 4.79 Å². The summed E-state index contributed by atoms with van der Waals surface area (Å²) < 4.78 is 54.5. The van der Waals surface area contributed by atoms with E-state index in [2.05, 4.69) is 11.3 Å². The Morgan fingerprint density at radius 3 is 2.00 bits per heavy atom. The second kappa shape index (κ2) is 9.26. The number of halogens is 4. The number of alkyl halides is 4. The number of carbonyl (C=O) groups excluding carboxylic acids is 1. The lowest BCUT2D eigenvalue weighted by Crippen LogP contribution is -2.57. The maximum Gasteiger partial charge on any atom is 0.413 e. The Kier molecular flexibility index (Phi) is 7.00. The van der Waals surface area contributed by atoms with Gasteiger partial charge in [-0.3, -0.25) is 15.6 Å². The van der Waals surface area contributed by atoms with Crippen LogP contribution < -0.4 is 15.4 Å². The third-order valence-electron chi connectivity index (χ3n) is 4.16. The molecule has 6 nitrogen and oxygen atoms in total. The van der Waals surface area contributed by atoms with E-state index in [0.717, 1.165) is 17.5 Å². The fourth-order valence-electron chi connectivity index (χ4n) is 2.39. The molecule has 0 radical (unpaired) electrons. The number of hydrogen-bond donors (Lipinski definition) is 3. The molecule has 0 aliphatic carbocycles. The summed E-state index contributed by atoms with van der Waals surface area (Å²) in [6, 6.07) is 10.1. The number of aromatic nitrogens is 1. The molecule has 1 aromatic carbocycles. The summed E-state index contributed by atoms with van der Waals surface area (Å²) in [5, 5.41) is 8.17. The number of anilines is 1. The number of hydrogen-bond acceptors (Lipinski definition) is 3. The minimum absolute atomic E-state index is 0.150. The number of benzene rings is 1. The molecule has 0 aliphatic heterocycles. The van der Waals surface area contributed by atoms with Crippen molar-refractivity contribution in [1.29, 1.82) is 0 Å². The Labute approximate surface area is 169 Å². The molecule has 0 saturated carbocycles. The van der Waals surface area contributed by atoms with Gasteiger partial charge in [0.25, 0.3) is 0 Å². The van der Waals surface area contributed by atoms with Crippen LogP contribution in [0.3, 0.4) is 0 Å². The van der Waals surface area contributed by atoms with E-state index in [1.807, 2.05) is 29.1 Å². The van der Waals surface area contributed by atoms with Crippen molar-refractivity contribution in [3.63, 3.8) is 0 Å². The number of aryl methyl sites for hydroxylation is 2. The minimum atomic E-state index is -5.54. The lowest BCUT2D eigenvalue weighted by Gasteiger charge is -2.22. The van der Waals surface area contributed by atoms with E-state index in [9.17, 15) is 27.2 Å². The smallest absolute Gasteiger partial charge is 0.413 e. The number of rotatable bonds is 9. The van der Waals surface area contributed by atoms with Gasteiger partial charge in [0.1, 0.15) is 0 Å². The zero-order valence-corrected chi connectivity index (χ0v) is 15.5. The molecular formula is C20H18F4N3O3+. The van der Waals surface area contributed by atoms with Crippen molar-refractivity contribution < 1.29 is 36.8 Å². The largest absolute Gasteiger partial charge is 0.477 e. The van der Waals surface area contributed by atoms with E-state index in [1.54, 1.807) is 12.1 Å². The molecule has 1 amide bonds. The number of aliphatic carboxylic acids is 1.